The van der Waals surface area contributed by atoms with Crippen molar-refractivity contribution >= 4 is 0 Å². The Morgan fingerprint density at radius 1 is 1.11 bits per heavy atom. The highest BCUT2D eigenvalue weighted by Gasteiger charge is 2.38. The summed E-state index contributed by atoms with van der Waals surface area (Å²) in [5, 5.41) is 0. The lowest BCUT2D eigenvalue weighted by atomic mass is 9.81. The number of aryl methyl sites for hydroxylation is 2. The molecule has 1 saturated carbocycles. The van der Waals surface area contributed by atoms with E-state index in [1.807, 2.05) is 7.11 Å². The smallest absolute Gasteiger partial charge is 0.0870 e. The van der Waals surface area contributed by atoms with Gasteiger partial charge in [0.25, 0.3) is 0 Å². The van der Waals surface area contributed by atoms with Crippen LogP contribution in [-0.2, 0) is 4.74 Å². The molecule has 0 spiro atoms. The van der Waals surface area contributed by atoms with Crippen LogP contribution in [0.25, 0.3) is 0 Å². The topological polar surface area (TPSA) is 35.2 Å². The predicted molar refractivity (Wildman–Crippen MR) is 80.3 cm³/mol. The summed E-state index contributed by atoms with van der Waals surface area (Å²) in [5.74, 6) is 0. The average Bonchev–Trinajstić information content (AvgIpc) is 2.64. The molecule has 0 heterocycles. The predicted octanol–water partition coefficient (Wildman–Crippen LogP) is 4.04. The highest BCUT2D eigenvalue weighted by atomic mass is 16.5. The van der Waals surface area contributed by atoms with Gasteiger partial charge < -0.3 is 10.5 Å². The molecule has 106 valence electrons. The first-order chi connectivity index (χ1) is 9.09. The third-order valence-electron chi connectivity index (χ3n) is 4.68. The molecule has 2 heteroatoms. The van der Waals surface area contributed by atoms with E-state index < -0.39 is 0 Å². The highest BCUT2D eigenvalue weighted by Crippen LogP contribution is 2.39. The van der Waals surface area contributed by atoms with Crippen molar-refractivity contribution < 1.29 is 4.74 Å². The van der Waals surface area contributed by atoms with Crippen LogP contribution in [0.15, 0.2) is 18.2 Å². The lowest BCUT2D eigenvalue weighted by Gasteiger charge is -2.38. The van der Waals surface area contributed by atoms with Gasteiger partial charge in [-0.1, -0.05) is 49.4 Å². The molecule has 2 nitrogen and oxygen atoms in total. The molecular weight excluding hydrogens is 234 g/mol. The fourth-order valence-electron chi connectivity index (χ4n) is 3.43. The molecular formula is C17H27NO. The van der Waals surface area contributed by atoms with E-state index in [1.165, 1.54) is 42.4 Å². The van der Waals surface area contributed by atoms with Gasteiger partial charge in [-0.15, -0.1) is 0 Å². The van der Waals surface area contributed by atoms with Crippen LogP contribution in [0, 0.1) is 13.8 Å². The molecule has 0 aromatic heterocycles. The summed E-state index contributed by atoms with van der Waals surface area (Å²) in [4.78, 5) is 0. The molecule has 1 aromatic rings. The Kier molecular flexibility index (Phi) is 4.64. The Labute approximate surface area is 117 Å². The lowest BCUT2D eigenvalue weighted by molar-refractivity contribution is -0.0443. The summed E-state index contributed by atoms with van der Waals surface area (Å²) in [6.45, 7) is 4.28. The lowest BCUT2D eigenvalue weighted by Crippen LogP contribution is -2.43. The second-order valence-corrected chi connectivity index (χ2v) is 6.02. The first-order valence-electron chi connectivity index (χ1n) is 7.47. The number of nitrogens with two attached hydrogens (primary N) is 1. The molecule has 1 aromatic carbocycles. The summed E-state index contributed by atoms with van der Waals surface area (Å²) in [5.41, 5.74) is 10.3. The maximum absolute atomic E-state index is 6.61. The van der Waals surface area contributed by atoms with Crippen LogP contribution in [0.5, 0.6) is 0 Å². The van der Waals surface area contributed by atoms with Crippen LogP contribution in [0.2, 0.25) is 0 Å². The third-order valence-corrected chi connectivity index (χ3v) is 4.68. The van der Waals surface area contributed by atoms with Crippen molar-refractivity contribution in [2.45, 2.75) is 64.0 Å². The quantitative estimate of drug-likeness (QED) is 0.833. The van der Waals surface area contributed by atoms with Crippen molar-refractivity contribution in [1.82, 2.24) is 0 Å². The summed E-state index contributed by atoms with van der Waals surface area (Å²) in [6, 6.07) is 6.54. The second kappa shape index (κ2) is 6.06. The molecule has 19 heavy (non-hydrogen) atoms. The SMILES string of the molecule is COC1(C(N)c2ccc(C)cc2C)CCCCCC1. The van der Waals surface area contributed by atoms with Crippen LogP contribution in [0.1, 0.15) is 61.3 Å². The molecule has 0 amide bonds. The Hall–Kier alpha value is -0.860. The molecule has 1 atom stereocenters. The molecule has 0 aliphatic heterocycles. The summed E-state index contributed by atoms with van der Waals surface area (Å²) >= 11 is 0. The van der Waals surface area contributed by atoms with E-state index in [-0.39, 0.29) is 11.6 Å². The fraction of sp³-hybridized carbons (Fsp3) is 0.647. The van der Waals surface area contributed by atoms with E-state index >= 15 is 0 Å². The summed E-state index contributed by atoms with van der Waals surface area (Å²) in [7, 11) is 1.83. The minimum Gasteiger partial charge on any atom is -0.376 e. The van der Waals surface area contributed by atoms with Crippen molar-refractivity contribution in [3.8, 4) is 0 Å². The Bertz CT molecular complexity index is 419. The average molecular weight is 261 g/mol. The van der Waals surface area contributed by atoms with E-state index in [9.17, 15) is 0 Å². The van der Waals surface area contributed by atoms with E-state index in [2.05, 4.69) is 32.0 Å². The number of hydrogen-bond acceptors (Lipinski definition) is 2. The third kappa shape index (κ3) is 3.01. The standard InChI is InChI=1S/C17H27NO/c1-13-8-9-15(14(2)12-13)16(18)17(19-3)10-6-4-5-7-11-17/h8-9,12,16H,4-7,10-11,18H2,1-3H3. The van der Waals surface area contributed by atoms with E-state index in [0.717, 1.165) is 12.8 Å². The van der Waals surface area contributed by atoms with Crippen molar-refractivity contribution in [3.63, 3.8) is 0 Å². The van der Waals surface area contributed by atoms with Crippen molar-refractivity contribution in [3.05, 3.63) is 34.9 Å². The summed E-state index contributed by atoms with van der Waals surface area (Å²) < 4.78 is 5.94. The minimum absolute atomic E-state index is 0.0174. The normalized spacial score (nSPS) is 20.8. The first-order valence-corrected chi connectivity index (χ1v) is 7.47. The number of rotatable bonds is 3. The second-order valence-electron chi connectivity index (χ2n) is 6.02. The molecule has 0 saturated heterocycles. The van der Waals surface area contributed by atoms with E-state index in [1.54, 1.807) is 0 Å². The molecule has 0 radical (unpaired) electrons. The molecule has 1 aliphatic rings. The molecule has 2 N–H and O–H groups in total. The van der Waals surface area contributed by atoms with Gasteiger partial charge in [-0.05, 0) is 37.8 Å². The number of ether oxygens (including phenoxy) is 1. The van der Waals surface area contributed by atoms with Gasteiger partial charge >= 0.3 is 0 Å². The molecule has 1 unspecified atom stereocenters. The van der Waals surface area contributed by atoms with Gasteiger partial charge in [0.15, 0.2) is 0 Å². The number of methoxy groups -OCH3 is 1. The first kappa shape index (κ1) is 14.5. The zero-order valence-corrected chi connectivity index (χ0v) is 12.5. The Morgan fingerprint density at radius 3 is 2.26 bits per heavy atom. The maximum Gasteiger partial charge on any atom is 0.0870 e. The molecule has 1 aliphatic carbocycles. The van der Waals surface area contributed by atoms with Crippen LogP contribution < -0.4 is 5.73 Å². The summed E-state index contributed by atoms with van der Waals surface area (Å²) in [6.07, 6.45) is 7.24. The monoisotopic (exact) mass is 261 g/mol. The van der Waals surface area contributed by atoms with Gasteiger partial charge in [0.2, 0.25) is 0 Å². The highest BCUT2D eigenvalue weighted by molar-refractivity contribution is 5.34. The number of benzene rings is 1. The fourth-order valence-corrected chi connectivity index (χ4v) is 3.43. The zero-order valence-electron chi connectivity index (χ0n) is 12.5. The van der Waals surface area contributed by atoms with Crippen molar-refractivity contribution in [2.24, 2.45) is 5.73 Å². The van der Waals surface area contributed by atoms with Gasteiger partial charge in [-0.25, -0.2) is 0 Å². The minimum atomic E-state index is -0.170. The van der Waals surface area contributed by atoms with Crippen molar-refractivity contribution in [1.29, 1.82) is 0 Å². The zero-order chi connectivity index (χ0) is 13.9. The Balaban J connectivity index is 2.31. The van der Waals surface area contributed by atoms with Crippen LogP contribution in [0.4, 0.5) is 0 Å². The molecule has 0 bridgehead atoms. The molecule has 1 fully saturated rings. The van der Waals surface area contributed by atoms with Crippen LogP contribution in [-0.4, -0.2) is 12.7 Å². The number of hydrogen-bond donors (Lipinski definition) is 1. The largest absolute Gasteiger partial charge is 0.376 e. The van der Waals surface area contributed by atoms with Crippen LogP contribution in [0.3, 0.4) is 0 Å². The van der Waals surface area contributed by atoms with E-state index in [4.69, 9.17) is 10.5 Å². The Morgan fingerprint density at radius 2 is 1.74 bits per heavy atom. The molecule has 2 rings (SSSR count). The van der Waals surface area contributed by atoms with E-state index in [0.29, 0.717) is 0 Å². The van der Waals surface area contributed by atoms with Crippen LogP contribution >= 0.6 is 0 Å². The maximum atomic E-state index is 6.61. The van der Waals surface area contributed by atoms with Gasteiger partial charge in [0, 0.05) is 7.11 Å². The van der Waals surface area contributed by atoms with Gasteiger partial charge in [0.05, 0.1) is 11.6 Å². The van der Waals surface area contributed by atoms with Gasteiger partial charge in [0.1, 0.15) is 0 Å². The van der Waals surface area contributed by atoms with Crippen molar-refractivity contribution in [2.75, 3.05) is 7.11 Å². The van der Waals surface area contributed by atoms with Gasteiger partial charge in [-0.3, -0.25) is 0 Å². The van der Waals surface area contributed by atoms with Gasteiger partial charge in [-0.2, -0.15) is 0 Å².